The van der Waals surface area contributed by atoms with E-state index in [1.807, 2.05) is 0 Å². The highest BCUT2D eigenvalue weighted by atomic mass is 19.1. The molecule has 0 aliphatic carbocycles. The highest BCUT2D eigenvalue weighted by Crippen LogP contribution is 2.06. The summed E-state index contributed by atoms with van der Waals surface area (Å²) in [6.07, 6.45) is 0. The van der Waals surface area contributed by atoms with Crippen molar-refractivity contribution in [3.05, 3.63) is 17.6 Å². The van der Waals surface area contributed by atoms with Crippen LogP contribution in [0.1, 0.15) is 10.5 Å². The van der Waals surface area contributed by atoms with Crippen LogP contribution in [0.15, 0.2) is 6.07 Å². The number of amides is 1. The number of pyridine rings is 1. The van der Waals surface area contributed by atoms with Gasteiger partial charge in [-0.15, -0.1) is 0 Å². The first-order valence-electron chi connectivity index (χ1n) is 3.03. The van der Waals surface area contributed by atoms with Crippen LogP contribution in [0.2, 0.25) is 0 Å². The van der Waals surface area contributed by atoms with Crippen molar-refractivity contribution >= 4 is 25.0 Å². The number of hydrogen-bond acceptors (Lipinski definition) is 3. The summed E-state index contributed by atoms with van der Waals surface area (Å²) < 4.78 is 12.7. The van der Waals surface area contributed by atoms with Gasteiger partial charge in [-0.25, -0.2) is 4.39 Å². The molecule has 0 spiro atoms. The van der Waals surface area contributed by atoms with Gasteiger partial charge in [-0.3, -0.25) is 9.78 Å². The molecular formula is C6H5BFN3O. The van der Waals surface area contributed by atoms with E-state index in [9.17, 15) is 9.18 Å². The maximum Gasteiger partial charge on any atom is 0.267 e. The Bertz CT molecular complexity index is 319. The number of carbonyl (C=O) groups is 1. The fourth-order valence-electron chi connectivity index (χ4n) is 0.696. The first-order valence-corrected chi connectivity index (χ1v) is 3.03. The molecule has 0 fully saturated rings. The second-order valence-electron chi connectivity index (χ2n) is 2.16. The molecule has 0 bridgehead atoms. The fourth-order valence-corrected chi connectivity index (χ4v) is 0.696. The monoisotopic (exact) mass is 165 g/mol. The average Bonchev–Trinajstić information content (AvgIpc) is 1.99. The maximum atomic E-state index is 12.7. The number of halogens is 1. The second kappa shape index (κ2) is 2.81. The molecule has 4 N–H and O–H groups in total. The second-order valence-corrected chi connectivity index (χ2v) is 2.16. The van der Waals surface area contributed by atoms with Crippen molar-refractivity contribution in [2.24, 2.45) is 5.73 Å². The van der Waals surface area contributed by atoms with Crippen molar-refractivity contribution in [1.82, 2.24) is 4.98 Å². The van der Waals surface area contributed by atoms with Gasteiger partial charge in [0.1, 0.15) is 13.5 Å². The van der Waals surface area contributed by atoms with Gasteiger partial charge < -0.3 is 11.5 Å². The van der Waals surface area contributed by atoms with Crippen LogP contribution in [0.4, 0.5) is 10.1 Å². The molecular weight excluding hydrogens is 160 g/mol. The first kappa shape index (κ1) is 8.51. The van der Waals surface area contributed by atoms with E-state index < -0.39 is 17.3 Å². The van der Waals surface area contributed by atoms with Crippen molar-refractivity contribution in [2.75, 3.05) is 5.73 Å². The molecule has 12 heavy (non-hydrogen) atoms. The van der Waals surface area contributed by atoms with Crippen LogP contribution >= 0.6 is 0 Å². The zero-order chi connectivity index (χ0) is 9.30. The van der Waals surface area contributed by atoms with Crippen LogP contribution in [0, 0.1) is 5.82 Å². The maximum absolute atomic E-state index is 12.7. The minimum absolute atomic E-state index is 0.147. The molecule has 1 aromatic heterocycles. The van der Waals surface area contributed by atoms with Crippen molar-refractivity contribution in [1.29, 1.82) is 0 Å². The third-order valence-electron chi connectivity index (χ3n) is 1.26. The van der Waals surface area contributed by atoms with Crippen LogP contribution in [0.5, 0.6) is 0 Å². The summed E-state index contributed by atoms with van der Waals surface area (Å²) in [5.74, 6) is -1.63. The van der Waals surface area contributed by atoms with E-state index in [1.165, 1.54) is 0 Å². The summed E-state index contributed by atoms with van der Waals surface area (Å²) in [5, 5.41) is 0. The largest absolute Gasteiger partial charge is 0.396 e. The first-order chi connectivity index (χ1) is 5.52. The minimum Gasteiger partial charge on any atom is -0.396 e. The lowest BCUT2D eigenvalue weighted by molar-refractivity contribution is 0.0996. The van der Waals surface area contributed by atoms with Crippen LogP contribution in [-0.4, -0.2) is 18.7 Å². The SMILES string of the molecule is [B]c1nc(C(N)=O)cc(N)c1F. The van der Waals surface area contributed by atoms with Gasteiger partial charge in [0.2, 0.25) is 0 Å². The zero-order valence-electron chi connectivity index (χ0n) is 6.04. The van der Waals surface area contributed by atoms with Gasteiger partial charge in [-0.1, -0.05) is 0 Å². The van der Waals surface area contributed by atoms with Gasteiger partial charge in [0.15, 0.2) is 5.82 Å². The molecule has 4 nitrogen and oxygen atoms in total. The Kier molecular flexibility index (Phi) is 1.99. The smallest absolute Gasteiger partial charge is 0.267 e. The van der Waals surface area contributed by atoms with Crippen molar-refractivity contribution in [3.8, 4) is 0 Å². The van der Waals surface area contributed by atoms with Gasteiger partial charge >= 0.3 is 0 Å². The topological polar surface area (TPSA) is 82.0 Å². The van der Waals surface area contributed by atoms with Crippen LogP contribution in [0.3, 0.4) is 0 Å². The summed E-state index contributed by atoms with van der Waals surface area (Å²) in [5.41, 5.74) is 9.21. The van der Waals surface area contributed by atoms with Crippen LogP contribution in [0.25, 0.3) is 0 Å². The van der Waals surface area contributed by atoms with Gasteiger partial charge in [0.05, 0.1) is 5.69 Å². The van der Waals surface area contributed by atoms with E-state index in [2.05, 4.69) is 4.98 Å². The predicted octanol–water partition coefficient (Wildman–Crippen LogP) is -1.30. The van der Waals surface area contributed by atoms with E-state index in [4.69, 9.17) is 19.3 Å². The van der Waals surface area contributed by atoms with Crippen LogP contribution in [-0.2, 0) is 0 Å². The Balaban J connectivity index is 3.31. The number of anilines is 1. The van der Waals surface area contributed by atoms with E-state index >= 15 is 0 Å². The molecule has 0 aliphatic heterocycles. The molecule has 1 rings (SSSR count). The Hall–Kier alpha value is -1.59. The molecule has 0 saturated carbocycles. The van der Waals surface area contributed by atoms with E-state index in [1.54, 1.807) is 0 Å². The Labute approximate surface area is 69.2 Å². The number of nitrogens with zero attached hydrogens (tertiary/aromatic N) is 1. The van der Waals surface area contributed by atoms with E-state index in [0.717, 1.165) is 6.07 Å². The van der Waals surface area contributed by atoms with Crippen molar-refractivity contribution in [3.63, 3.8) is 0 Å². The standard InChI is InChI=1S/C6H5BFN3O/c7-5-4(8)2(9)1-3(11-5)6(10)12/h1H,(H2,9,11)(H2,10,12). The highest BCUT2D eigenvalue weighted by molar-refractivity contribution is 6.31. The molecule has 1 heterocycles. The zero-order valence-corrected chi connectivity index (χ0v) is 6.04. The van der Waals surface area contributed by atoms with Gasteiger partial charge in [0.25, 0.3) is 5.91 Å². The summed E-state index contributed by atoms with van der Waals surface area (Å²) in [6.45, 7) is 0. The number of hydrogen-bond donors (Lipinski definition) is 2. The van der Waals surface area contributed by atoms with Crippen LogP contribution < -0.4 is 17.1 Å². The molecule has 0 saturated heterocycles. The fraction of sp³-hybridized carbons (Fsp3) is 0. The highest BCUT2D eigenvalue weighted by Gasteiger charge is 2.08. The number of primary amides is 1. The lowest BCUT2D eigenvalue weighted by Crippen LogP contribution is -2.23. The summed E-state index contributed by atoms with van der Waals surface area (Å²) in [7, 11) is 5.09. The van der Waals surface area contributed by atoms with Gasteiger partial charge in [0, 0.05) is 5.59 Å². The van der Waals surface area contributed by atoms with E-state index in [0.29, 0.717) is 0 Å². The summed E-state index contributed by atoms with van der Waals surface area (Å²) in [6, 6.07) is 1.04. The molecule has 1 aromatic rings. The number of nitrogen functional groups attached to an aromatic ring is 1. The van der Waals surface area contributed by atoms with Crippen molar-refractivity contribution in [2.45, 2.75) is 0 Å². The summed E-state index contributed by atoms with van der Waals surface area (Å²) in [4.78, 5) is 13.9. The molecule has 6 heteroatoms. The van der Waals surface area contributed by atoms with E-state index in [-0.39, 0.29) is 11.4 Å². The Morgan fingerprint density at radius 1 is 1.67 bits per heavy atom. The Morgan fingerprint density at radius 2 is 2.25 bits per heavy atom. The molecule has 2 radical (unpaired) electrons. The lowest BCUT2D eigenvalue weighted by Gasteiger charge is -2.02. The summed E-state index contributed by atoms with van der Waals surface area (Å²) >= 11 is 0. The average molecular weight is 165 g/mol. The number of rotatable bonds is 1. The Morgan fingerprint density at radius 3 is 2.67 bits per heavy atom. The van der Waals surface area contributed by atoms with Gasteiger partial charge in [-0.2, -0.15) is 0 Å². The normalized spacial score (nSPS) is 9.75. The molecule has 1 amide bonds. The molecule has 0 aliphatic rings. The third kappa shape index (κ3) is 1.36. The molecule has 0 atom stereocenters. The molecule has 60 valence electrons. The minimum atomic E-state index is -0.833. The quantitative estimate of drug-likeness (QED) is 0.507. The number of aromatic nitrogens is 1. The molecule has 0 aromatic carbocycles. The number of carbonyl (C=O) groups excluding carboxylic acids is 1. The van der Waals surface area contributed by atoms with Gasteiger partial charge in [-0.05, 0) is 6.07 Å². The number of nitrogens with two attached hydrogens (primary N) is 2. The third-order valence-corrected chi connectivity index (χ3v) is 1.26. The molecule has 0 unspecified atom stereocenters. The predicted molar refractivity (Wildman–Crippen MR) is 42.5 cm³/mol. The lowest BCUT2D eigenvalue weighted by atomic mass is 10.0. The van der Waals surface area contributed by atoms with Crippen molar-refractivity contribution < 1.29 is 9.18 Å².